The van der Waals surface area contributed by atoms with E-state index in [9.17, 15) is 9.90 Å². The molecule has 1 unspecified atom stereocenters. The average Bonchev–Trinajstić information content (AvgIpc) is 2.65. The van der Waals surface area contributed by atoms with Crippen LogP contribution < -0.4 is 5.32 Å². The molecule has 1 aromatic rings. The molecule has 1 fully saturated rings. The maximum absolute atomic E-state index is 11.8. The minimum absolute atomic E-state index is 0.212. The zero-order chi connectivity index (χ0) is 18.9. The van der Waals surface area contributed by atoms with Gasteiger partial charge in [-0.1, -0.05) is 29.8 Å². The summed E-state index contributed by atoms with van der Waals surface area (Å²) >= 11 is 6.13. The lowest BCUT2D eigenvalue weighted by Gasteiger charge is -2.36. The number of hydrogen-bond acceptors (Lipinski definition) is 4. The largest absolute Gasteiger partial charge is 0.450 e. The topological polar surface area (TPSA) is 77.4 Å². The summed E-state index contributed by atoms with van der Waals surface area (Å²) in [5.41, 5.74) is 0.667. The van der Waals surface area contributed by atoms with Crippen LogP contribution in [-0.2, 0) is 4.74 Å². The van der Waals surface area contributed by atoms with E-state index in [1.807, 2.05) is 19.1 Å². The van der Waals surface area contributed by atoms with Crippen molar-refractivity contribution in [2.75, 3.05) is 45.9 Å². The van der Waals surface area contributed by atoms with Crippen LogP contribution in [0.4, 0.5) is 4.79 Å². The first kappa shape index (κ1) is 20.3. The van der Waals surface area contributed by atoms with Crippen LogP contribution in [0.5, 0.6) is 0 Å². The number of hydrogen-bond donors (Lipinski definition) is 2. The molecule has 1 saturated heterocycles. The van der Waals surface area contributed by atoms with E-state index in [1.54, 1.807) is 24.0 Å². The van der Waals surface area contributed by atoms with E-state index in [1.165, 1.54) is 0 Å². The van der Waals surface area contributed by atoms with Crippen molar-refractivity contribution in [1.82, 2.24) is 15.1 Å². The molecule has 0 bridgehead atoms. The van der Waals surface area contributed by atoms with Crippen LogP contribution in [0.15, 0.2) is 29.3 Å². The van der Waals surface area contributed by atoms with E-state index in [0.717, 1.165) is 12.5 Å². The number of nitrogens with zero attached hydrogens (tertiary/aromatic N) is 3. The first-order valence-corrected chi connectivity index (χ1v) is 9.32. The Hall–Kier alpha value is -1.99. The van der Waals surface area contributed by atoms with Crippen LogP contribution >= 0.6 is 11.6 Å². The van der Waals surface area contributed by atoms with Gasteiger partial charge in [-0.15, -0.1) is 0 Å². The van der Waals surface area contributed by atoms with Crippen LogP contribution in [-0.4, -0.2) is 72.8 Å². The molecular formula is C18H27ClN4O3. The number of carbonyl (C=O) groups excluding carboxylic acids is 1. The summed E-state index contributed by atoms with van der Waals surface area (Å²) in [4.78, 5) is 20.1. The Labute approximate surface area is 159 Å². The Morgan fingerprint density at radius 3 is 2.54 bits per heavy atom. The minimum Gasteiger partial charge on any atom is -0.450 e. The van der Waals surface area contributed by atoms with Crippen molar-refractivity contribution >= 4 is 23.7 Å². The lowest BCUT2D eigenvalue weighted by Crippen LogP contribution is -2.54. The number of rotatable bonds is 5. The zero-order valence-electron chi connectivity index (χ0n) is 15.3. The summed E-state index contributed by atoms with van der Waals surface area (Å²) in [5, 5.41) is 14.2. The SMILES string of the molecule is CCNC(=NCC(O)c1ccccc1Cl)N1CCN(C(=O)OCC)CC1. The summed E-state index contributed by atoms with van der Waals surface area (Å²) in [5.74, 6) is 0.724. The molecule has 1 amide bonds. The predicted octanol–water partition coefficient (Wildman–Crippen LogP) is 2.11. The number of halogens is 1. The van der Waals surface area contributed by atoms with Gasteiger partial charge in [-0.2, -0.15) is 0 Å². The maximum atomic E-state index is 11.8. The fraction of sp³-hybridized carbons (Fsp3) is 0.556. The Bertz CT molecular complexity index is 618. The molecule has 7 nitrogen and oxygen atoms in total. The highest BCUT2D eigenvalue weighted by molar-refractivity contribution is 6.31. The Morgan fingerprint density at radius 1 is 1.27 bits per heavy atom. The number of ether oxygens (including phenoxy) is 1. The van der Waals surface area contributed by atoms with E-state index in [4.69, 9.17) is 16.3 Å². The number of aliphatic hydroxyl groups is 1. The Balaban J connectivity index is 1.97. The van der Waals surface area contributed by atoms with Crippen LogP contribution in [0.25, 0.3) is 0 Å². The summed E-state index contributed by atoms with van der Waals surface area (Å²) in [7, 11) is 0. The van der Waals surface area contributed by atoms with Gasteiger partial charge in [0.1, 0.15) is 6.10 Å². The Morgan fingerprint density at radius 2 is 1.92 bits per heavy atom. The molecule has 8 heteroatoms. The molecule has 144 valence electrons. The first-order valence-electron chi connectivity index (χ1n) is 8.94. The number of benzene rings is 1. The smallest absolute Gasteiger partial charge is 0.409 e. The number of nitrogens with one attached hydrogen (secondary N) is 1. The molecule has 0 spiro atoms. The molecule has 2 N–H and O–H groups in total. The van der Waals surface area contributed by atoms with E-state index in [0.29, 0.717) is 43.4 Å². The number of piperazine rings is 1. The first-order chi connectivity index (χ1) is 12.6. The summed E-state index contributed by atoms with van der Waals surface area (Å²) in [6, 6.07) is 7.22. The molecule has 0 aromatic heterocycles. The summed E-state index contributed by atoms with van der Waals surface area (Å²) in [6.07, 6.45) is -1.04. The molecule has 0 radical (unpaired) electrons. The molecular weight excluding hydrogens is 356 g/mol. The normalized spacial score (nSPS) is 16.4. The van der Waals surface area contributed by atoms with Crippen molar-refractivity contribution in [1.29, 1.82) is 0 Å². The van der Waals surface area contributed by atoms with Crippen LogP contribution in [0.3, 0.4) is 0 Å². The van der Waals surface area contributed by atoms with E-state index < -0.39 is 6.10 Å². The molecule has 1 heterocycles. The average molecular weight is 383 g/mol. The third-order valence-corrected chi connectivity index (χ3v) is 4.46. The summed E-state index contributed by atoms with van der Waals surface area (Å²) < 4.78 is 5.04. The maximum Gasteiger partial charge on any atom is 0.409 e. The molecule has 1 atom stereocenters. The molecule has 1 aliphatic rings. The number of carbonyl (C=O) groups is 1. The molecule has 1 aliphatic heterocycles. The van der Waals surface area contributed by atoms with Gasteiger partial charge in [0.15, 0.2) is 5.96 Å². The number of aliphatic hydroxyl groups excluding tert-OH is 1. The van der Waals surface area contributed by atoms with Gasteiger partial charge in [0.25, 0.3) is 0 Å². The second-order valence-corrected chi connectivity index (χ2v) is 6.31. The monoisotopic (exact) mass is 382 g/mol. The van der Waals surface area contributed by atoms with Gasteiger partial charge in [0.2, 0.25) is 0 Å². The van der Waals surface area contributed by atoms with Crippen LogP contribution in [0.1, 0.15) is 25.5 Å². The lowest BCUT2D eigenvalue weighted by atomic mass is 10.1. The van der Waals surface area contributed by atoms with Crippen molar-refractivity contribution in [2.24, 2.45) is 4.99 Å². The second-order valence-electron chi connectivity index (χ2n) is 5.90. The van der Waals surface area contributed by atoms with E-state index in [-0.39, 0.29) is 12.6 Å². The van der Waals surface area contributed by atoms with Crippen molar-refractivity contribution in [3.8, 4) is 0 Å². The van der Waals surface area contributed by atoms with E-state index >= 15 is 0 Å². The lowest BCUT2D eigenvalue weighted by molar-refractivity contribution is 0.0914. The van der Waals surface area contributed by atoms with Gasteiger partial charge < -0.3 is 25.0 Å². The van der Waals surface area contributed by atoms with Crippen molar-refractivity contribution in [3.63, 3.8) is 0 Å². The van der Waals surface area contributed by atoms with Gasteiger partial charge in [-0.25, -0.2) is 4.79 Å². The Kier molecular flexibility index (Phi) is 8.00. The van der Waals surface area contributed by atoms with Gasteiger partial charge in [0, 0.05) is 43.3 Å². The van der Waals surface area contributed by atoms with Crippen molar-refractivity contribution in [3.05, 3.63) is 34.9 Å². The van der Waals surface area contributed by atoms with Gasteiger partial charge >= 0.3 is 6.09 Å². The van der Waals surface area contributed by atoms with Crippen molar-refractivity contribution in [2.45, 2.75) is 20.0 Å². The van der Waals surface area contributed by atoms with E-state index in [2.05, 4.69) is 15.2 Å². The van der Waals surface area contributed by atoms with Crippen LogP contribution in [0, 0.1) is 0 Å². The minimum atomic E-state index is -0.766. The highest BCUT2D eigenvalue weighted by Crippen LogP contribution is 2.22. The van der Waals surface area contributed by atoms with Crippen molar-refractivity contribution < 1.29 is 14.6 Å². The predicted molar refractivity (Wildman–Crippen MR) is 103 cm³/mol. The number of amides is 1. The zero-order valence-corrected chi connectivity index (χ0v) is 16.1. The molecule has 26 heavy (non-hydrogen) atoms. The van der Waals surface area contributed by atoms with Gasteiger partial charge in [-0.3, -0.25) is 4.99 Å². The fourth-order valence-electron chi connectivity index (χ4n) is 2.76. The van der Waals surface area contributed by atoms with Gasteiger partial charge in [-0.05, 0) is 19.9 Å². The van der Waals surface area contributed by atoms with Gasteiger partial charge in [0.05, 0.1) is 13.2 Å². The second kappa shape index (κ2) is 10.2. The third-order valence-electron chi connectivity index (χ3n) is 4.12. The number of aliphatic imine (C=N–C) groups is 1. The standard InChI is InChI=1S/C18H27ClN4O3/c1-3-20-17(21-13-16(24)14-7-5-6-8-15(14)19)22-9-11-23(12-10-22)18(25)26-4-2/h5-8,16,24H,3-4,9-13H2,1-2H3,(H,20,21). The van der Waals surface area contributed by atoms with Crippen LogP contribution in [0.2, 0.25) is 5.02 Å². The summed E-state index contributed by atoms with van der Waals surface area (Å²) in [6.45, 7) is 7.59. The fourth-order valence-corrected chi connectivity index (χ4v) is 3.02. The molecule has 2 rings (SSSR count). The quantitative estimate of drug-likeness (QED) is 0.602. The number of guanidine groups is 1. The molecule has 0 aliphatic carbocycles. The molecule has 1 aromatic carbocycles. The highest BCUT2D eigenvalue weighted by atomic mass is 35.5. The highest BCUT2D eigenvalue weighted by Gasteiger charge is 2.24. The molecule has 0 saturated carbocycles. The third kappa shape index (κ3) is 5.51.